The van der Waals surface area contributed by atoms with E-state index in [1.165, 1.54) is 11.1 Å². The first-order valence-electron chi connectivity index (χ1n) is 10.6. The summed E-state index contributed by atoms with van der Waals surface area (Å²) >= 11 is 0. The SMILES string of the molecule is COc1cc([C@@H](O)[C@@H](CC2Cc3ccccc3C2)Cn2c[c]cc2)cc(OC)c1C. The fourth-order valence-electron chi connectivity index (χ4n) is 4.80. The molecule has 2 atom stereocenters. The van der Waals surface area contributed by atoms with Gasteiger partial charge in [-0.2, -0.15) is 0 Å². The van der Waals surface area contributed by atoms with Crippen LogP contribution in [0.2, 0.25) is 0 Å². The normalized spacial score (nSPS) is 15.6. The highest BCUT2D eigenvalue weighted by atomic mass is 16.5. The van der Waals surface area contributed by atoms with Gasteiger partial charge in [0, 0.05) is 36.5 Å². The molecule has 1 heterocycles. The Bertz CT molecular complexity index is 930. The predicted octanol–water partition coefficient (Wildman–Crippen LogP) is 4.77. The highest BCUT2D eigenvalue weighted by Crippen LogP contribution is 2.39. The summed E-state index contributed by atoms with van der Waals surface area (Å²) < 4.78 is 13.2. The van der Waals surface area contributed by atoms with Crippen LogP contribution in [0.25, 0.3) is 0 Å². The second kappa shape index (κ2) is 8.97. The quantitative estimate of drug-likeness (QED) is 0.588. The fourth-order valence-corrected chi connectivity index (χ4v) is 4.80. The molecule has 0 saturated heterocycles. The summed E-state index contributed by atoms with van der Waals surface area (Å²) in [6.45, 7) is 2.72. The molecule has 1 aliphatic rings. The van der Waals surface area contributed by atoms with Gasteiger partial charge < -0.3 is 19.1 Å². The highest BCUT2D eigenvalue weighted by Gasteiger charge is 2.29. The van der Waals surface area contributed by atoms with Crippen molar-refractivity contribution in [2.45, 2.75) is 38.8 Å². The van der Waals surface area contributed by atoms with Crippen LogP contribution in [0.5, 0.6) is 11.5 Å². The van der Waals surface area contributed by atoms with E-state index in [2.05, 4.69) is 34.9 Å². The van der Waals surface area contributed by atoms with E-state index < -0.39 is 6.10 Å². The summed E-state index contributed by atoms with van der Waals surface area (Å²) in [5.74, 6) is 2.09. The van der Waals surface area contributed by atoms with Crippen molar-refractivity contribution in [3.05, 3.63) is 83.2 Å². The van der Waals surface area contributed by atoms with Crippen LogP contribution in [-0.4, -0.2) is 23.9 Å². The van der Waals surface area contributed by atoms with E-state index in [0.717, 1.165) is 48.4 Å². The maximum Gasteiger partial charge on any atom is 0.125 e. The van der Waals surface area contributed by atoms with Crippen LogP contribution < -0.4 is 9.47 Å². The van der Waals surface area contributed by atoms with Gasteiger partial charge in [0.15, 0.2) is 0 Å². The topological polar surface area (TPSA) is 43.6 Å². The van der Waals surface area contributed by atoms with Crippen molar-refractivity contribution in [2.24, 2.45) is 11.8 Å². The lowest BCUT2D eigenvalue weighted by atomic mass is 9.85. The first-order valence-corrected chi connectivity index (χ1v) is 10.6. The number of benzene rings is 2. The van der Waals surface area contributed by atoms with Crippen LogP contribution in [0, 0.1) is 24.8 Å². The molecular formula is C26H30NO3. The third-order valence-corrected chi connectivity index (χ3v) is 6.38. The lowest BCUT2D eigenvalue weighted by Crippen LogP contribution is -2.22. The summed E-state index contributed by atoms with van der Waals surface area (Å²) in [4.78, 5) is 0. The zero-order chi connectivity index (χ0) is 21.1. The van der Waals surface area contributed by atoms with E-state index in [0.29, 0.717) is 5.92 Å². The summed E-state index contributed by atoms with van der Waals surface area (Å²) in [7, 11) is 3.31. The number of hydrogen-bond donors (Lipinski definition) is 1. The largest absolute Gasteiger partial charge is 0.496 e. The molecule has 157 valence electrons. The average Bonchev–Trinajstić information content (AvgIpc) is 3.42. The minimum atomic E-state index is -0.612. The molecule has 30 heavy (non-hydrogen) atoms. The molecule has 1 aliphatic carbocycles. The molecule has 0 bridgehead atoms. The average molecular weight is 405 g/mol. The molecule has 1 N–H and O–H groups in total. The van der Waals surface area contributed by atoms with Crippen LogP contribution in [0.4, 0.5) is 0 Å². The van der Waals surface area contributed by atoms with Crippen molar-refractivity contribution in [1.29, 1.82) is 0 Å². The third kappa shape index (κ3) is 4.24. The number of methoxy groups -OCH3 is 2. The van der Waals surface area contributed by atoms with E-state index in [1.807, 2.05) is 37.5 Å². The van der Waals surface area contributed by atoms with E-state index >= 15 is 0 Å². The molecule has 1 aromatic heterocycles. The summed E-state index contributed by atoms with van der Waals surface area (Å²) in [5.41, 5.74) is 4.68. The first kappa shape index (κ1) is 20.5. The Morgan fingerprint density at radius 2 is 1.73 bits per heavy atom. The monoisotopic (exact) mass is 404 g/mol. The maximum atomic E-state index is 11.5. The molecule has 4 rings (SSSR count). The standard InChI is InChI=1S/C26H30NO3/c1-18-24(29-2)15-22(16-25(18)30-3)26(28)23(17-27-10-6-7-11-27)14-19-12-20-8-4-5-9-21(20)13-19/h4-6,8-11,15-16,19,23,26,28H,12-14,17H2,1-3H3/t23-,26+/m0/s1. The van der Waals surface area contributed by atoms with Crippen molar-refractivity contribution >= 4 is 0 Å². The van der Waals surface area contributed by atoms with Crippen LogP contribution in [0.3, 0.4) is 0 Å². The number of nitrogens with zero attached hydrogens (tertiary/aromatic N) is 1. The van der Waals surface area contributed by atoms with Gasteiger partial charge in [-0.05, 0) is 67.0 Å². The second-order valence-corrected chi connectivity index (χ2v) is 8.34. The minimum Gasteiger partial charge on any atom is -0.496 e. The Morgan fingerprint density at radius 1 is 1.10 bits per heavy atom. The Hall–Kier alpha value is -2.72. The molecule has 2 aromatic carbocycles. The van der Waals surface area contributed by atoms with Crippen molar-refractivity contribution in [2.75, 3.05) is 14.2 Å². The van der Waals surface area contributed by atoms with E-state index in [9.17, 15) is 5.11 Å². The molecule has 0 fully saturated rings. The Balaban J connectivity index is 1.59. The molecular weight excluding hydrogens is 374 g/mol. The smallest absolute Gasteiger partial charge is 0.125 e. The van der Waals surface area contributed by atoms with Crippen LogP contribution >= 0.6 is 0 Å². The summed E-state index contributed by atoms with van der Waals surface area (Å²) in [6.07, 6.45) is 6.46. The molecule has 0 unspecified atom stereocenters. The second-order valence-electron chi connectivity index (χ2n) is 8.34. The van der Waals surface area contributed by atoms with Gasteiger partial charge in [0.25, 0.3) is 0 Å². The van der Waals surface area contributed by atoms with Gasteiger partial charge in [0.1, 0.15) is 11.5 Å². The third-order valence-electron chi connectivity index (χ3n) is 6.38. The number of fused-ring (bicyclic) bond motifs is 1. The Kier molecular flexibility index (Phi) is 6.14. The molecule has 0 aliphatic heterocycles. The van der Waals surface area contributed by atoms with Gasteiger partial charge in [-0.25, -0.2) is 0 Å². The molecule has 0 amide bonds. The zero-order valence-corrected chi connectivity index (χ0v) is 18.0. The Labute approximate surface area is 179 Å². The number of aromatic nitrogens is 1. The number of aliphatic hydroxyl groups excluding tert-OH is 1. The molecule has 4 heteroatoms. The predicted molar refractivity (Wildman–Crippen MR) is 118 cm³/mol. The van der Waals surface area contributed by atoms with Gasteiger partial charge in [-0.1, -0.05) is 24.3 Å². The molecule has 4 nitrogen and oxygen atoms in total. The molecule has 0 spiro atoms. The number of aliphatic hydroxyl groups is 1. The van der Waals surface area contributed by atoms with Crippen molar-refractivity contribution in [3.8, 4) is 11.5 Å². The number of hydrogen-bond acceptors (Lipinski definition) is 3. The van der Waals surface area contributed by atoms with Gasteiger partial charge in [0.05, 0.1) is 20.3 Å². The number of rotatable bonds is 8. The maximum absolute atomic E-state index is 11.5. The van der Waals surface area contributed by atoms with Gasteiger partial charge in [0.2, 0.25) is 0 Å². The fraction of sp³-hybridized carbons (Fsp3) is 0.385. The number of ether oxygens (including phenoxy) is 2. The molecule has 0 saturated carbocycles. The van der Waals surface area contributed by atoms with E-state index in [4.69, 9.17) is 9.47 Å². The van der Waals surface area contributed by atoms with Crippen molar-refractivity contribution in [1.82, 2.24) is 4.57 Å². The van der Waals surface area contributed by atoms with E-state index in [1.54, 1.807) is 14.2 Å². The van der Waals surface area contributed by atoms with Gasteiger partial charge in [-0.15, -0.1) is 0 Å². The summed E-state index contributed by atoms with van der Waals surface area (Å²) in [5, 5.41) is 11.5. The van der Waals surface area contributed by atoms with Gasteiger partial charge in [-0.3, -0.25) is 0 Å². The lowest BCUT2D eigenvalue weighted by molar-refractivity contribution is 0.0815. The van der Waals surface area contributed by atoms with Crippen molar-refractivity contribution < 1.29 is 14.6 Å². The lowest BCUT2D eigenvalue weighted by Gasteiger charge is -2.27. The summed E-state index contributed by atoms with van der Waals surface area (Å²) in [6, 6.07) is 17.6. The van der Waals surface area contributed by atoms with Crippen LogP contribution in [-0.2, 0) is 19.4 Å². The van der Waals surface area contributed by atoms with Crippen molar-refractivity contribution in [3.63, 3.8) is 0 Å². The minimum absolute atomic E-state index is 0.0715. The Morgan fingerprint density at radius 3 is 2.27 bits per heavy atom. The zero-order valence-electron chi connectivity index (χ0n) is 18.0. The molecule has 3 aromatic rings. The molecule has 1 radical (unpaired) electrons. The highest BCUT2D eigenvalue weighted by molar-refractivity contribution is 5.48. The van der Waals surface area contributed by atoms with Gasteiger partial charge >= 0.3 is 0 Å². The first-order chi connectivity index (χ1) is 14.6. The van der Waals surface area contributed by atoms with Crippen LogP contribution in [0.1, 0.15) is 34.8 Å². The van der Waals surface area contributed by atoms with Crippen LogP contribution in [0.15, 0.2) is 54.9 Å². The van der Waals surface area contributed by atoms with E-state index in [-0.39, 0.29) is 5.92 Å².